The van der Waals surface area contributed by atoms with Crippen molar-refractivity contribution in [2.75, 3.05) is 11.9 Å². The van der Waals surface area contributed by atoms with Crippen LogP contribution < -0.4 is 10.6 Å². The van der Waals surface area contributed by atoms with E-state index in [0.717, 1.165) is 22.3 Å². The summed E-state index contributed by atoms with van der Waals surface area (Å²) in [5, 5.41) is 5.23. The number of ether oxygens (including phenoxy) is 1. The maximum absolute atomic E-state index is 13.2. The Morgan fingerprint density at radius 1 is 1.12 bits per heavy atom. The number of benzene rings is 2. The zero-order valence-electron chi connectivity index (χ0n) is 19.1. The Morgan fingerprint density at radius 3 is 2.71 bits per heavy atom. The lowest BCUT2D eigenvalue weighted by Crippen LogP contribution is -2.52. The molecule has 0 saturated carbocycles. The lowest BCUT2D eigenvalue weighted by molar-refractivity contribution is -0.136. The lowest BCUT2D eigenvalue weighted by Gasteiger charge is -2.29. The minimum Gasteiger partial charge on any atom is -0.354 e. The van der Waals surface area contributed by atoms with Crippen LogP contribution >= 0.6 is 0 Å². The van der Waals surface area contributed by atoms with E-state index in [1.165, 1.54) is 4.90 Å². The van der Waals surface area contributed by atoms with Crippen molar-refractivity contribution in [2.24, 2.45) is 0 Å². The van der Waals surface area contributed by atoms with E-state index in [2.05, 4.69) is 10.6 Å². The van der Waals surface area contributed by atoms with Gasteiger partial charge in [0.2, 0.25) is 11.8 Å². The zero-order chi connectivity index (χ0) is 24.0. The number of hydrogen-bond donors (Lipinski definition) is 2. The average Bonchev–Trinajstić information content (AvgIpc) is 3.31. The normalized spacial score (nSPS) is 21.4. The van der Waals surface area contributed by atoms with Gasteiger partial charge in [0.1, 0.15) is 6.04 Å². The fourth-order valence-electron chi connectivity index (χ4n) is 4.89. The average molecular weight is 463 g/mol. The van der Waals surface area contributed by atoms with E-state index in [0.29, 0.717) is 30.8 Å². The van der Waals surface area contributed by atoms with Crippen molar-refractivity contribution >= 4 is 29.4 Å². The van der Waals surface area contributed by atoms with Crippen molar-refractivity contribution in [3.8, 4) is 0 Å². The van der Waals surface area contributed by atoms with Crippen LogP contribution in [0.1, 0.15) is 58.6 Å². The third kappa shape index (κ3) is 3.81. The molecule has 0 bridgehead atoms. The second kappa shape index (κ2) is 8.57. The Kier molecular flexibility index (Phi) is 5.57. The van der Waals surface area contributed by atoms with Crippen LogP contribution in [0.5, 0.6) is 0 Å². The Hall–Kier alpha value is -3.72. The van der Waals surface area contributed by atoms with Crippen molar-refractivity contribution in [3.63, 3.8) is 0 Å². The first-order valence-electron chi connectivity index (χ1n) is 11.4. The van der Waals surface area contributed by atoms with Crippen LogP contribution in [0.2, 0.25) is 0 Å². The molecular formula is C25H26N4O5. The van der Waals surface area contributed by atoms with Gasteiger partial charge in [-0.1, -0.05) is 23.8 Å². The second-order valence-corrected chi connectivity index (χ2v) is 8.84. The summed E-state index contributed by atoms with van der Waals surface area (Å²) in [6.07, 6.45) is 0.0530. The molecule has 176 valence electrons. The summed E-state index contributed by atoms with van der Waals surface area (Å²) >= 11 is 0. The molecule has 2 aromatic carbocycles. The summed E-state index contributed by atoms with van der Waals surface area (Å²) in [5.74, 6) is -1.01. The quantitative estimate of drug-likeness (QED) is 0.680. The highest BCUT2D eigenvalue weighted by Gasteiger charge is 2.39. The highest BCUT2D eigenvalue weighted by atomic mass is 16.5. The maximum atomic E-state index is 13.2. The first-order chi connectivity index (χ1) is 16.4. The van der Waals surface area contributed by atoms with Crippen molar-refractivity contribution in [3.05, 3.63) is 64.2 Å². The van der Waals surface area contributed by atoms with Crippen LogP contribution in [0.15, 0.2) is 36.4 Å². The molecule has 3 aliphatic heterocycles. The van der Waals surface area contributed by atoms with Gasteiger partial charge in [0, 0.05) is 36.4 Å². The Balaban J connectivity index is 1.32. The molecule has 1 fully saturated rings. The predicted octanol–water partition coefficient (Wildman–Crippen LogP) is 2.84. The van der Waals surface area contributed by atoms with E-state index in [1.54, 1.807) is 23.1 Å². The fourth-order valence-corrected chi connectivity index (χ4v) is 4.89. The summed E-state index contributed by atoms with van der Waals surface area (Å²) in [6, 6.07) is 10.2. The van der Waals surface area contributed by atoms with Gasteiger partial charge in [-0.3, -0.25) is 24.6 Å². The molecule has 2 unspecified atom stereocenters. The number of aryl methyl sites for hydroxylation is 1. The lowest BCUT2D eigenvalue weighted by atomic mass is 10.0. The number of piperidine rings is 1. The second-order valence-electron chi connectivity index (χ2n) is 8.84. The van der Waals surface area contributed by atoms with Gasteiger partial charge in [-0.25, -0.2) is 4.79 Å². The minimum atomic E-state index is -0.672. The van der Waals surface area contributed by atoms with Crippen molar-refractivity contribution in [1.29, 1.82) is 0 Å². The topological polar surface area (TPSA) is 108 Å². The molecule has 9 heteroatoms. The Morgan fingerprint density at radius 2 is 1.94 bits per heavy atom. The number of amides is 5. The van der Waals surface area contributed by atoms with Gasteiger partial charge >= 0.3 is 6.03 Å². The van der Waals surface area contributed by atoms with Gasteiger partial charge in [0.05, 0.1) is 6.54 Å². The van der Waals surface area contributed by atoms with Gasteiger partial charge in [-0.05, 0) is 49.6 Å². The summed E-state index contributed by atoms with van der Waals surface area (Å²) in [5.41, 5.74) is 4.95. The molecular weight excluding hydrogens is 436 g/mol. The number of imide groups is 1. The van der Waals surface area contributed by atoms with Gasteiger partial charge in [-0.15, -0.1) is 0 Å². The number of urea groups is 1. The van der Waals surface area contributed by atoms with Crippen LogP contribution in [0.3, 0.4) is 0 Å². The van der Waals surface area contributed by atoms with E-state index in [9.17, 15) is 19.2 Å². The highest BCUT2D eigenvalue weighted by molar-refractivity contribution is 6.05. The number of carbonyl (C=O) groups excluding carboxylic acids is 4. The summed E-state index contributed by atoms with van der Waals surface area (Å²) in [7, 11) is 0. The van der Waals surface area contributed by atoms with Gasteiger partial charge in [0.15, 0.2) is 6.23 Å². The standard InChI is InChI=1S/C25H26N4O5/c1-3-34-24-19-10-14(2)4-5-15(19)12-29(24)25(33)26-17-6-7-18-16(11-17)13-28(23(18)32)20-8-9-21(30)27-22(20)31/h4-7,10-11,20,24H,3,8-9,12-13H2,1-2H3,(H,26,33)(H,27,30,31). The number of hydrogen-bond acceptors (Lipinski definition) is 5. The molecule has 3 aliphatic rings. The molecule has 2 aromatic rings. The molecule has 1 saturated heterocycles. The van der Waals surface area contributed by atoms with E-state index in [-0.39, 0.29) is 30.8 Å². The van der Waals surface area contributed by atoms with Gasteiger partial charge in [-0.2, -0.15) is 0 Å². The molecule has 9 nitrogen and oxygen atoms in total. The molecule has 0 aliphatic carbocycles. The molecule has 5 rings (SSSR count). The zero-order valence-corrected chi connectivity index (χ0v) is 19.1. The molecule has 34 heavy (non-hydrogen) atoms. The smallest absolute Gasteiger partial charge is 0.324 e. The molecule has 0 radical (unpaired) electrons. The van der Waals surface area contributed by atoms with Crippen molar-refractivity contribution in [2.45, 2.75) is 52.0 Å². The SMILES string of the molecule is CCOC1c2cc(C)ccc2CN1C(=O)Nc1ccc2c(c1)CN(C1CCC(=O)NC1=O)C2=O. The number of nitrogens with zero attached hydrogens (tertiary/aromatic N) is 2. The minimum absolute atomic E-state index is 0.205. The Bertz CT molecular complexity index is 1210. The third-order valence-corrected chi connectivity index (χ3v) is 6.55. The molecule has 3 heterocycles. The first kappa shape index (κ1) is 22.1. The van der Waals surface area contributed by atoms with Crippen molar-refractivity contribution in [1.82, 2.24) is 15.1 Å². The fraction of sp³-hybridized carbons (Fsp3) is 0.360. The molecule has 2 N–H and O–H groups in total. The van der Waals surface area contributed by atoms with Crippen LogP contribution in [0.25, 0.3) is 0 Å². The van der Waals surface area contributed by atoms with Gasteiger partial charge in [0.25, 0.3) is 5.91 Å². The van der Waals surface area contributed by atoms with Crippen molar-refractivity contribution < 1.29 is 23.9 Å². The summed E-state index contributed by atoms with van der Waals surface area (Å²) in [4.78, 5) is 52.9. The van der Waals surface area contributed by atoms with E-state index >= 15 is 0 Å². The summed E-state index contributed by atoms with van der Waals surface area (Å²) < 4.78 is 5.89. The molecule has 2 atom stereocenters. The van der Waals surface area contributed by atoms with Crippen LogP contribution in [-0.4, -0.2) is 46.2 Å². The van der Waals surface area contributed by atoms with Crippen LogP contribution in [0, 0.1) is 6.92 Å². The van der Waals surface area contributed by atoms with Gasteiger partial charge < -0.3 is 15.0 Å². The number of fused-ring (bicyclic) bond motifs is 2. The monoisotopic (exact) mass is 462 g/mol. The largest absolute Gasteiger partial charge is 0.354 e. The highest BCUT2D eigenvalue weighted by Crippen LogP contribution is 2.36. The van der Waals surface area contributed by atoms with E-state index in [4.69, 9.17) is 4.74 Å². The number of rotatable bonds is 4. The predicted molar refractivity (Wildman–Crippen MR) is 123 cm³/mol. The molecule has 5 amide bonds. The van der Waals surface area contributed by atoms with Crippen LogP contribution in [-0.2, 0) is 27.4 Å². The number of carbonyl (C=O) groups is 4. The van der Waals surface area contributed by atoms with Crippen LogP contribution in [0.4, 0.5) is 10.5 Å². The number of nitrogens with one attached hydrogen (secondary N) is 2. The van der Waals surface area contributed by atoms with E-state index in [1.807, 2.05) is 32.0 Å². The molecule has 0 aromatic heterocycles. The van der Waals surface area contributed by atoms with E-state index < -0.39 is 18.2 Å². The maximum Gasteiger partial charge on any atom is 0.324 e. The third-order valence-electron chi connectivity index (χ3n) is 6.55. The Labute approximate surface area is 197 Å². The summed E-state index contributed by atoms with van der Waals surface area (Å²) in [6.45, 7) is 5.07. The molecule has 0 spiro atoms. The first-order valence-corrected chi connectivity index (χ1v) is 11.4. The number of anilines is 1.